The van der Waals surface area contributed by atoms with E-state index in [0.29, 0.717) is 9.88 Å². The van der Waals surface area contributed by atoms with Crippen molar-refractivity contribution in [1.82, 2.24) is 10.3 Å². The van der Waals surface area contributed by atoms with Crippen molar-refractivity contribution in [1.29, 1.82) is 0 Å². The number of nitrogens with one attached hydrogen (secondary N) is 1. The summed E-state index contributed by atoms with van der Waals surface area (Å²) in [6.45, 7) is 6.04. The van der Waals surface area contributed by atoms with E-state index < -0.39 is 11.9 Å². The first-order valence-electron chi connectivity index (χ1n) is 6.48. The topological polar surface area (TPSA) is 24.9 Å². The molecule has 0 amide bonds. The second-order valence-corrected chi connectivity index (χ2v) is 7.17. The highest BCUT2D eigenvalue weighted by Gasteiger charge is 2.38. The van der Waals surface area contributed by atoms with Crippen LogP contribution in [0, 0.1) is 0 Å². The molecule has 1 saturated carbocycles. The molecule has 0 bridgehead atoms. The lowest BCUT2D eigenvalue weighted by molar-refractivity contribution is -0.141. The standard InChI is InChI=1S/C13H19F3N2S/c1-12(2,3)17-7-9-10(13(14,15)16)18-11(19-9)8-5-4-6-8/h8,17H,4-7H2,1-3H3. The maximum absolute atomic E-state index is 13.0. The van der Waals surface area contributed by atoms with Crippen LogP contribution in [0.5, 0.6) is 0 Å². The van der Waals surface area contributed by atoms with Gasteiger partial charge in [0.05, 0.1) is 9.88 Å². The number of halogens is 3. The fourth-order valence-electron chi connectivity index (χ4n) is 1.89. The van der Waals surface area contributed by atoms with Gasteiger partial charge < -0.3 is 5.32 Å². The van der Waals surface area contributed by atoms with E-state index in [-0.39, 0.29) is 18.0 Å². The minimum Gasteiger partial charge on any atom is -0.307 e. The Balaban J connectivity index is 2.21. The van der Waals surface area contributed by atoms with Gasteiger partial charge >= 0.3 is 6.18 Å². The van der Waals surface area contributed by atoms with Crippen LogP contribution >= 0.6 is 11.3 Å². The maximum Gasteiger partial charge on any atom is 0.434 e. The molecule has 0 aromatic carbocycles. The first-order valence-corrected chi connectivity index (χ1v) is 7.30. The van der Waals surface area contributed by atoms with Crippen molar-refractivity contribution >= 4 is 11.3 Å². The summed E-state index contributed by atoms with van der Waals surface area (Å²) in [5.74, 6) is 0.245. The fourth-order valence-corrected chi connectivity index (χ4v) is 3.08. The van der Waals surface area contributed by atoms with Gasteiger partial charge in [-0.25, -0.2) is 4.98 Å². The molecule has 1 N–H and O–H groups in total. The average molecular weight is 292 g/mol. The van der Waals surface area contributed by atoms with Crippen molar-refractivity contribution in [3.05, 3.63) is 15.6 Å². The Morgan fingerprint density at radius 2 is 1.89 bits per heavy atom. The van der Waals surface area contributed by atoms with Gasteiger partial charge in [-0.3, -0.25) is 0 Å². The minimum absolute atomic E-state index is 0.205. The molecule has 1 aromatic heterocycles. The van der Waals surface area contributed by atoms with Crippen LogP contribution in [-0.4, -0.2) is 10.5 Å². The molecule has 2 nitrogen and oxygen atoms in total. The van der Waals surface area contributed by atoms with Gasteiger partial charge in [-0.1, -0.05) is 6.42 Å². The molecule has 0 spiro atoms. The Labute approximate surface area is 115 Å². The van der Waals surface area contributed by atoms with Crippen LogP contribution in [0.25, 0.3) is 0 Å². The second kappa shape index (κ2) is 5.05. The van der Waals surface area contributed by atoms with Gasteiger partial charge in [0.25, 0.3) is 0 Å². The SMILES string of the molecule is CC(C)(C)NCc1sc(C2CCC2)nc1C(F)(F)F. The molecular weight excluding hydrogens is 273 g/mol. The molecule has 6 heteroatoms. The van der Waals surface area contributed by atoms with E-state index in [0.717, 1.165) is 19.3 Å². The van der Waals surface area contributed by atoms with Crippen molar-refractivity contribution in [2.24, 2.45) is 0 Å². The molecule has 1 aromatic rings. The zero-order valence-corrected chi connectivity index (χ0v) is 12.2. The molecule has 1 heterocycles. The van der Waals surface area contributed by atoms with E-state index in [1.165, 1.54) is 11.3 Å². The zero-order valence-electron chi connectivity index (χ0n) is 11.4. The lowest BCUT2D eigenvalue weighted by atomic mass is 9.86. The molecule has 1 aliphatic carbocycles. The molecule has 19 heavy (non-hydrogen) atoms. The Bertz CT molecular complexity index is 442. The number of alkyl halides is 3. The quantitative estimate of drug-likeness (QED) is 0.897. The molecule has 0 radical (unpaired) electrons. The van der Waals surface area contributed by atoms with Gasteiger partial charge in [0.2, 0.25) is 0 Å². The van der Waals surface area contributed by atoms with Crippen LogP contribution in [0.3, 0.4) is 0 Å². The predicted octanol–water partition coefficient (Wildman–Crippen LogP) is 4.32. The van der Waals surface area contributed by atoms with Crippen LogP contribution in [0.2, 0.25) is 0 Å². The number of hydrogen-bond acceptors (Lipinski definition) is 3. The summed E-state index contributed by atoms with van der Waals surface area (Å²) in [6.07, 6.45) is -1.32. The summed E-state index contributed by atoms with van der Waals surface area (Å²) < 4.78 is 39.0. The minimum atomic E-state index is -4.35. The first-order chi connectivity index (χ1) is 8.67. The maximum atomic E-state index is 13.0. The zero-order chi connectivity index (χ0) is 14.3. The molecular formula is C13H19F3N2S. The number of nitrogens with zero attached hydrogens (tertiary/aromatic N) is 1. The molecule has 108 valence electrons. The Morgan fingerprint density at radius 1 is 1.26 bits per heavy atom. The lowest BCUT2D eigenvalue weighted by Gasteiger charge is -2.22. The first kappa shape index (κ1) is 14.8. The van der Waals surface area contributed by atoms with Crippen LogP contribution in [0.4, 0.5) is 13.2 Å². The largest absolute Gasteiger partial charge is 0.434 e. The van der Waals surface area contributed by atoms with Crippen LogP contribution in [0.1, 0.15) is 61.5 Å². The molecule has 1 fully saturated rings. The number of rotatable bonds is 3. The number of hydrogen-bond donors (Lipinski definition) is 1. The monoisotopic (exact) mass is 292 g/mol. The third-order valence-corrected chi connectivity index (χ3v) is 4.43. The summed E-state index contributed by atoms with van der Waals surface area (Å²) in [5.41, 5.74) is -0.903. The molecule has 0 saturated heterocycles. The Hall–Kier alpha value is -0.620. The van der Waals surface area contributed by atoms with Crippen molar-refractivity contribution in [2.75, 3.05) is 0 Å². The molecule has 0 atom stereocenters. The van der Waals surface area contributed by atoms with E-state index in [4.69, 9.17) is 0 Å². The van der Waals surface area contributed by atoms with Crippen LogP contribution in [0.15, 0.2) is 0 Å². The van der Waals surface area contributed by atoms with Gasteiger partial charge in [0.15, 0.2) is 5.69 Å². The number of thiazole rings is 1. The summed E-state index contributed by atoms with van der Waals surface area (Å²) in [4.78, 5) is 4.17. The Morgan fingerprint density at radius 3 is 2.32 bits per heavy atom. The van der Waals surface area contributed by atoms with E-state index in [1.54, 1.807) is 0 Å². The van der Waals surface area contributed by atoms with E-state index in [2.05, 4.69) is 10.3 Å². The normalized spacial score (nSPS) is 17.6. The van der Waals surface area contributed by atoms with E-state index >= 15 is 0 Å². The van der Waals surface area contributed by atoms with Crippen LogP contribution in [-0.2, 0) is 12.7 Å². The highest BCUT2D eigenvalue weighted by Crippen LogP contribution is 2.42. The summed E-state index contributed by atoms with van der Waals surface area (Å²) >= 11 is 1.22. The lowest BCUT2D eigenvalue weighted by Crippen LogP contribution is -2.35. The molecule has 0 aliphatic heterocycles. The summed E-state index contributed by atoms with van der Waals surface area (Å²) in [7, 11) is 0. The second-order valence-electron chi connectivity index (χ2n) is 6.05. The predicted molar refractivity (Wildman–Crippen MR) is 70.3 cm³/mol. The highest BCUT2D eigenvalue weighted by atomic mass is 32.1. The fraction of sp³-hybridized carbons (Fsp3) is 0.769. The van der Waals surface area contributed by atoms with Crippen molar-refractivity contribution < 1.29 is 13.2 Å². The molecule has 0 unspecified atom stereocenters. The third-order valence-electron chi connectivity index (χ3n) is 3.22. The molecule has 2 rings (SSSR count). The van der Waals surface area contributed by atoms with E-state index in [9.17, 15) is 13.2 Å². The van der Waals surface area contributed by atoms with Crippen molar-refractivity contribution in [2.45, 2.75) is 64.2 Å². The van der Waals surface area contributed by atoms with Gasteiger partial charge in [-0.15, -0.1) is 11.3 Å². The average Bonchev–Trinajstić information content (AvgIpc) is 2.54. The summed E-state index contributed by atoms with van der Waals surface area (Å²) in [5, 5.41) is 3.77. The van der Waals surface area contributed by atoms with Gasteiger partial charge in [0.1, 0.15) is 0 Å². The van der Waals surface area contributed by atoms with Gasteiger partial charge in [-0.2, -0.15) is 13.2 Å². The van der Waals surface area contributed by atoms with E-state index in [1.807, 2.05) is 20.8 Å². The third kappa shape index (κ3) is 3.69. The van der Waals surface area contributed by atoms with Crippen molar-refractivity contribution in [3.8, 4) is 0 Å². The van der Waals surface area contributed by atoms with Gasteiger partial charge in [-0.05, 0) is 33.6 Å². The van der Waals surface area contributed by atoms with Crippen molar-refractivity contribution in [3.63, 3.8) is 0 Å². The van der Waals surface area contributed by atoms with Gasteiger partial charge in [0, 0.05) is 18.0 Å². The smallest absolute Gasteiger partial charge is 0.307 e. The number of aromatic nitrogens is 1. The highest BCUT2D eigenvalue weighted by molar-refractivity contribution is 7.11. The summed E-state index contributed by atoms with van der Waals surface area (Å²) in [6, 6.07) is 0. The van der Waals surface area contributed by atoms with Crippen LogP contribution < -0.4 is 5.32 Å². The molecule has 1 aliphatic rings. The Kier molecular flexibility index (Phi) is 3.93.